The molecule has 1 aromatic rings. The third-order valence-corrected chi connectivity index (χ3v) is 3.54. The molecule has 1 aliphatic rings. The van der Waals surface area contributed by atoms with Crippen LogP contribution in [0.1, 0.15) is 25.7 Å². The Kier molecular flexibility index (Phi) is 4.46. The second-order valence-electron chi connectivity index (χ2n) is 5.06. The SMILES string of the molecule is NC1CCCC(C(=O)Nc2c(F)c(F)c(F)c(F)c2F)C1. The fourth-order valence-corrected chi connectivity index (χ4v) is 2.41. The second-order valence-corrected chi connectivity index (χ2v) is 5.06. The van der Waals surface area contributed by atoms with Gasteiger partial charge in [-0.15, -0.1) is 0 Å². The number of nitrogens with two attached hydrogens (primary N) is 1. The van der Waals surface area contributed by atoms with Crippen LogP contribution < -0.4 is 11.1 Å². The molecule has 2 unspecified atom stereocenters. The van der Waals surface area contributed by atoms with Crippen LogP contribution in [0.15, 0.2) is 0 Å². The molecule has 0 aromatic heterocycles. The summed E-state index contributed by atoms with van der Waals surface area (Å²) in [6.45, 7) is 0. The lowest BCUT2D eigenvalue weighted by Gasteiger charge is -2.25. The van der Waals surface area contributed by atoms with Crippen LogP contribution in [0, 0.1) is 35.0 Å². The highest BCUT2D eigenvalue weighted by molar-refractivity contribution is 5.92. The molecule has 1 fully saturated rings. The second kappa shape index (κ2) is 5.97. The maximum Gasteiger partial charge on any atom is 0.227 e. The van der Waals surface area contributed by atoms with Gasteiger partial charge in [0.15, 0.2) is 23.3 Å². The molecule has 21 heavy (non-hydrogen) atoms. The zero-order chi connectivity index (χ0) is 15.7. The molecule has 1 aromatic carbocycles. The van der Waals surface area contributed by atoms with Crippen molar-refractivity contribution in [1.82, 2.24) is 0 Å². The fourth-order valence-electron chi connectivity index (χ4n) is 2.41. The van der Waals surface area contributed by atoms with E-state index in [0.29, 0.717) is 19.3 Å². The summed E-state index contributed by atoms with van der Waals surface area (Å²) in [5, 5.41) is 1.79. The first-order valence-corrected chi connectivity index (χ1v) is 6.40. The molecule has 0 spiro atoms. The van der Waals surface area contributed by atoms with Crippen molar-refractivity contribution < 1.29 is 26.7 Å². The first kappa shape index (κ1) is 15.7. The van der Waals surface area contributed by atoms with Gasteiger partial charge in [-0.05, 0) is 19.3 Å². The van der Waals surface area contributed by atoms with Crippen molar-refractivity contribution in [2.24, 2.45) is 11.7 Å². The summed E-state index contributed by atoms with van der Waals surface area (Å²) in [4.78, 5) is 11.9. The third kappa shape index (κ3) is 2.99. The van der Waals surface area contributed by atoms with E-state index in [0.717, 1.165) is 6.42 Å². The molecule has 1 aliphatic carbocycles. The standard InChI is InChI=1S/C13H13F5N2O/c14-7-8(15)10(17)12(11(18)9(7)16)20-13(21)5-2-1-3-6(19)4-5/h5-6H,1-4,19H2,(H,20,21). The summed E-state index contributed by atoms with van der Waals surface area (Å²) in [7, 11) is 0. The van der Waals surface area contributed by atoms with Gasteiger partial charge >= 0.3 is 0 Å². The minimum Gasteiger partial charge on any atom is -0.328 e. The molecule has 0 heterocycles. The number of nitrogens with one attached hydrogen (secondary N) is 1. The number of hydrogen-bond donors (Lipinski definition) is 2. The highest BCUT2D eigenvalue weighted by Gasteiger charge is 2.30. The largest absolute Gasteiger partial charge is 0.328 e. The molecule has 0 saturated heterocycles. The van der Waals surface area contributed by atoms with Crippen molar-refractivity contribution >= 4 is 11.6 Å². The smallest absolute Gasteiger partial charge is 0.227 e. The number of rotatable bonds is 2. The molecule has 0 radical (unpaired) electrons. The fraction of sp³-hybridized carbons (Fsp3) is 0.462. The normalized spacial score (nSPS) is 22.2. The van der Waals surface area contributed by atoms with E-state index in [9.17, 15) is 26.7 Å². The Hall–Kier alpha value is -1.70. The summed E-state index contributed by atoms with van der Waals surface area (Å²) in [6, 6.07) is -0.217. The number of amides is 1. The Morgan fingerprint density at radius 3 is 2.00 bits per heavy atom. The molecule has 1 saturated carbocycles. The highest BCUT2D eigenvalue weighted by atomic mass is 19.2. The van der Waals surface area contributed by atoms with Crippen molar-refractivity contribution in [3.63, 3.8) is 0 Å². The average molecular weight is 308 g/mol. The van der Waals surface area contributed by atoms with Crippen LogP contribution in [-0.4, -0.2) is 11.9 Å². The molecule has 1 amide bonds. The van der Waals surface area contributed by atoms with Gasteiger partial charge in [-0.1, -0.05) is 6.42 Å². The lowest BCUT2D eigenvalue weighted by atomic mass is 9.85. The van der Waals surface area contributed by atoms with Gasteiger partial charge in [0.1, 0.15) is 5.69 Å². The number of benzene rings is 1. The maximum atomic E-state index is 13.4. The average Bonchev–Trinajstić information content (AvgIpc) is 2.47. The predicted octanol–water partition coefficient (Wildman–Crippen LogP) is 2.84. The summed E-state index contributed by atoms with van der Waals surface area (Å²) >= 11 is 0. The van der Waals surface area contributed by atoms with Crippen LogP contribution in [-0.2, 0) is 4.79 Å². The van der Waals surface area contributed by atoms with Crippen molar-refractivity contribution in [3.05, 3.63) is 29.1 Å². The lowest BCUT2D eigenvalue weighted by Crippen LogP contribution is -2.34. The summed E-state index contributed by atoms with van der Waals surface area (Å²) in [5.74, 6) is -12.0. The van der Waals surface area contributed by atoms with E-state index < -0.39 is 46.6 Å². The summed E-state index contributed by atoms with van der Waals surface area (Å²) in [6.07, 6.45) is 2.15. The van der Waals surface area contributed by atoms with E-state index in [2.05, 4.69) is 0 Å². The van der Waals surface area contributed by atoms with Crippen molar-refractivity contribution in [3.8, 4) is 0 Å². The number of carbonyl (C=O) groups excluding carboxylic acids is 1. The third-order valence-electron chi connectivity index (χ3n) is 3.54. The summed E-state index contributed by atoms with van der Waals surface area (Å²) < 4.78 is 65.8. The van der Waals surface area contributed by atoms with Gasteiger partial charge in [0.25, 0.3) is 0 Å². The molecule has 3 nitrogen and oxygen atoms in total. The topological polar surface area (TPSA) is 55.1 Å². The molecule has 3 N–H and O–H groups in total. The molecule has 116 valence electrons. The van der Waals surface area contributed by atoms with E-state index in [1.165, 1.54) is 0 Å². The van der Waals surface area contributed by atoms with Crippen LogP contribution >= 0.6 is 0 Å². The predicted molar refractivity (Wildman–Crippen MR) is 64.8 cm³/mol. The van der Waals surface area contributed by atoms with Crippen molar-refractivity contribution in [1.29, 1.82) is 0 Å². The molecular weight excluding hydrogens is 295 g/mol. The number of hydrogen-bond acceptors (Lipinski definition) is 2. The van der Waals surface area contributed by atoms with Crippen LogP contribution in [0.25, 0.3) is 0 Å². The molecule has 2 atom stereocenters. The lowest BCUT2D eigenvalue weighted by molar-refractivity contribution is -0.120. The quantitative estimate of drug-likeness (QED) is 0.501. The Bertz CT molecular complexity index is 549. The zero-order valence-corrected chi connectivity index (χ0v) is 10.9. The van der Waals surface area contributed by atoms with Gasteiger partial charge in [-0.2, -0.15) is 0 Å². The molecular formula is C13H13F5N2O. The van der Waals surface area contributed by atoms with E-state index in [1.54, 1.807) is 5.32 Å². The molecule has 0 aliphatic heterocycles. The van der Waals surface area contributed by atoms with Crippen LogP contribution in [0.2, 0.25) is 0 Å². The zero-order valence-electron chi connectivity index (χ0n) is 10.9. The van der Waals surface area contributed by atoms with Crippen molar-refractivity contribution in [2.75, 3.05) is 5.32 Å². The van der Waals surface area contributed by atoms with E-state index >= 15 is 0 Å². The Morgan fingerprint density at radius 2 is 1.48 bits per heavy atom. The van der Waals surface area contributed by atoms with E-state index in [-0.39, 0.29) is 6.04 Å². The molecule has 8 heteroatoms. The van der Waals surface area contributed by atoms with Gasteiger partial charge < -0.3 is 11.1 Å². The van der Waals surface area contributed by atoms with Crippen LogP contribution in [0.3, 0.4) is 0 Å². The van der Waals surface area contributed by atoms with Gasteiger partial charge in [0, 0.05) is 12.0 Å². The van der Waals surface area contributed by atoms with Gasteiger partial charge in [0.05, 0.1) is 0 Å². The monoisotopic (exact) mass is 308 g/mol. The van der Waals surface area contributed by atoms with Gasteiger partial charge in [-0.3, -0.25) is 4.79 Å². The first-order chi connectivity index (χ1) is 9.82. The molecule has 2 rings (SSSR count). The van der Waals surface area contributed by atoms with Crippen molar-refractivity contribution in [2.45, 2.75) is 31.7 Å². The first-order valence-electron chi connectivity index (χ1n) is 6.40. The molecule has 0 bridgehead atoms. The maximum absolute atomic E-state index is 13.4. The number of carbonyl (C=O) groups is 1. The van der Waals surface area contributed by atoms with Crippen LogP contribution in [0.5, 0.6) is 0 Å². The van der Waals surface area contributed by atoms with Crippen LogP contribution in [0.4, 0.5) is 27.6 Å². The highest BCUT2D eigenvalue weighted by Crippen LogP contribution is 2.29. The minimum absolute atomic E-state index is 0.217. The Labute approximate surface area is 117 Å². The van der Waals surface area contributed by atoms with Gasteiger partial charge in [0.2, 0.25) is 11.7 Å². The minimum atomic E-state index is -2.26. The summed E-state index contributed by atoms with van der Waals surface area (Å²) in [5.41, 5.74) is 4.36. The van der Waals surface area contributed by atoms with E-state index in [4.69, 9.17) is 5.73 Å². The Balaban J connectivity index is 2.25. The Morgan fingerprint density at radius 1 is 0.952 bits per heavy atom. The van der Waals surface area contributed by atoms with Gasteiger partial charge in [-0.25, -0.2) is 22.0 Å². The van der Waals surface area contributed by atoms with E-state index in [1.807, 2.05) is 0 Å². The number of anilines is 1. The number of halogens is 5.